The first-order valence-electron chi connectivity index (χ1n) is 8.77. The standard InChI is InChI=1S/C20H24N2O3S/c1-15-9-10-17(26(2,24)25)13-18(15)20(23)21-19-8-4-3-7-16(19)14-22-11-5-6-12-22/h3-4,7-10,13H,5-6,11-12,14H2,1-2H3,(H,21,23). The zero-order valence-electron chi connectivity index (χ0n) is 15.2. The van der Waals surface area contributed by atoms with E-state index in [0.29, 0.717) is 5.56 Å². The first-order valence-corrected chi connectivity index (χ1v) is 10.7. The fraction of sp³-hybridized carbons (Fsp3) is 0.350. The second-order valence-corrected chi connectivity index (χ2v) is 8.86. The molecule has 6 heteroatoms. The Labute approximate surface area is 154 Å². The third-order valence-electron chi connectivity index (χ3n) is 4.74. The molecule has 1 amide bonds. The molecular weight excluding hydrogens is 348 g/mol. The minimum Gasteiger partial charge on any atom is -0.322 e. The topological polar surface area (TPSA) is 66.5 Å². The lowest BCUT2D eigenvalue weighted by Gasteiger charge is -2.18. The van der Waals surface area contributed by atoms with Gasteiger partial charge in [-0.3, -0.25) is 9.69 Å². The van der Waals surface area contributed by atoms with Crippen molar-refractivity contribution in [3.8, 4) is 0 Å². The van der Waals surface area contributed by atoms with E-state index in [1.165, 1.54) is 25.0 Å². The Hall–Kier alpha value is -2.18. The summed E-state index contributed by atoms with van der Waals surface area (Å²) in [5.74, 6) is -0.290. The van der Waals surface area contributed by atoms with E-state index in [-0.39, 0.29) is 10.8 Å². The number of aryl methyl sites for hydroxylation is 1. The normalized spacial score (nSPS) is 15.2. The zero-order valence-corrected chi connectivity index (χ0v) is 16.0. The predicted octanol–water partition coefficient (Wildman–Crippen LogP) is 3.25. The van der Waals surface area contributed by atoms with Crippen molar-refractivity contribution in [1.29, 1.82) is 0 Å². The van der Waals surface area contributed by atoms with Crippen molar-refractivity contribution >= 4 is 21.4 Å². The molecular formula is C20H24N2O3S. The highest BCUT2D eigenvalue weighted by Gasteiger charge is 2.17. The minimum absolute atomic E-state index is 0.151. The predicted molar refractivity (Wildman–Crippen MR) is 103 cm³/mol. The molecule has 1 N–H and O–H groups in total. The Morgan fingerprint density at radius 1 is 1.12 bits per heavy atom. The van der Waals surface area contributed by atoms with E-state index in [0.717, 1.165) is 42.7 Å². The second kappa shape index (κ2) is 7.60. The summed E-state index contributed by atoms with van der Waals surface area (Å²) in [6, 6.07) is 12.4. The van der Waals surface area contributed by atoms with E-state index in [4.69, 9.17) is 0 Å². The van der Waals surface area contributed by atoms with E-state index in [1.54, 1.807) is 13.0 Å². The number of nitrogens with one attached hydrogen (secondary N) is 1. The van der Waals surface area contributed by atoms with Crippen LogP contribution >= 0.6 is 0 Å². The molecule has 26 heavy (non-hydrogen) atoms. The Kier molecular flexibility index (Phi) is 5.44. The van der Waals surface area contributed by atoms with E-state index in [1.807, 2.05) is 24.3 Å². The Morgan fingerprint density at radius 3 is 2.50 bits per heavy atom. The number of sulfone groups is 1. The van der Waals surface area contributed by atoms with Crippen LogP contribution in [0.1, 0.15) is 34.3 Å². The molecule has 0 aliphatic carbocycles. The zero-order chi connectivity index (χ0) is 18.7. The maximum atomic E-state index is 12.8. The van der Waals surface area contributed by atoms with Gasteiger partial charge in [0.1, 0.15) is 0 Å². The van der Waals surface area contributed by atoms with Crippen molar-refractivity contribution in [3.05, 3.63) is 59.2 Å². The molecule has 138 valence electrons. The molecule has 0 atom stereocenters. The van der Waals surface area contributed by atoms with Crippen LogP contribution in [0.4, 0.5) is 5.69 Å². The fourth-order valence-corrected chi connectivity index (χ4v) is 3.87. The molecule has 1 heterocycles. The summed E-state index contributed by atoms with van der Waals surface area (Å²) < 4.78 is 23.6. The third kappa shape index (κ3) is 4.31. The van der Waals surface area contributed by atoms with Crippen molar-refractivity contribution in [2.24, 2.45) is 0 Å². The van der Waals surface area contributed by atoms with Gasteiger partial charge in [-0.05, 0) is 62.2 Å². The number of carbonyl (C=O) groups excluding carboxylic acids is 1. The number of carbonyl (C=O) groups is 1. The molecule has 1 aliphatic heterocycles. The lowest BCUT2D eigenvalue weighted by molar-refractivity contribution is 0.102. The van der Waals surface area contributed by atoms with Crippen LogP contribution in [0.2, 0.25) is 0 Å². The summed E-state index contributed by atoms with van der Waals surface area (Å²) in [6.45, 7) is 4.77. The molecule has 0 aromatic heterocycles. The van der Waals surface area contributed by atoms with Gasteiger partial charge >= 0.3 is 0 Å². The van der Waals surface area contributed by atoms with E-state index < -0.39 is 9.84 Å². The van der Waals surface area contributed by atoms with Crippen LogP contribution in [0, 0.1) is 6.92 Å². The van der Waals surface area contributed by atoms with Gasteiger partial charge in [0.25, 0.3) is 5.91 Å². The van der Waals surface area contributed by atoms with Crippen LogP contribution in [-0.4, -0.2) is 38.6 Å². The minimum atomic E-state index is -3.36. The number of anilines is 1. The number of hydrogen-bond donors (Lipinski definition) is 1. The molecule has 0 spiro atoms. The molecule has 0 unspecified atom stereocenters. The monoisotopic (exact) mass is 372 g/mol. The highest BCUT2D eigenvalue weighted by molar-refractivity contribution is 7.90. The molecule has 1 fully saturated rings. The van der Waals surface area contributed by atoms with Gasteiger partial charge in [0, 0.05) is 24.1 Å². The van der Waals surface area contributed by atoms with E-state index in [9.17, 15) is 13.2 Å². The molecule has 0 radical (unpaired) electrons. The van der Waals surface area contributed by atoms with Gasteiger partial charge in [0.15, 0.2) is 9.84 Å². The molecule has 2 aromatic carbocycles. The third-order valence-corrected chi connectivity index (χ3v) is 5.85. The van der Waals surface area contributed by atoms with Gasteiger partial charge in [-0.15, -0.1) is 0 Å². The molecule has 0 saturated carbocycles. The van der Waals surface area contributed by atoms with Crippen LogP contribution in [0.5, 0.6) is 0 Å². The van der Waals surface area contributed by atoms with Crippen LogP contribution in [-0.2, 0) is 16.4 Å². The van der Waals surface area contributed by atoms with Crippen LogP contribution in [0.25, 0.3) is 0 Å². The smallest absolute Gasteiger partial charge is 0.255 e. The first kappa shape index (κ1) is 18.6. The number of benzene rings is 2. The van der Waals surface area contributed by atoms with Crippen molar-refractivity contribution in [1.82, 2.24) is 4.90 Å². The number of amides is 1. The molecule has 2 aromatic rings. The summed E-state index contributed by atoms with van der Waals surface area (Å²) in [4.78, 5) is 15.3. The number of para-hydroxylation sites is 1. The van der Waals surface area contributed by atoms with Gasteiger partial charge in [-0.25, -0.2) is 8.42 Å². The molecule has 5 nitrogen and oxygen atoms in total. The van der Waals surface area contributed by atoms with Crippen LogP contribution in [0.3, 0.4) is 0 Å². The maximum absolute atomic E-state index is 12.8. The highest BCUT2D eigenvalue weighted by atomic mass is 32.2. The molecule has 1 aliphatic rings. The van der Waals surface area contributed by atoms with Gasteiger partial charge in [-0.1, -0.05) is 24.3 Å². The SMILES string of the molecule is Cc1ccc(S(C)(=O)=O)cc1C(=O)Nc1ccccc1CN1CCCC1. The second-order valence-electron chi connectivity index (χ2n) is 6.84. The van der Waals surface area contributed by atoms with E-state index >= 15 is 0 Å². The number of nitrogens with zero attached hydrogens (tertiary/aromatic N) is 1. The Bertz CT molecular complexity index is 916. The largest absolute Gasteiger partial charge is 0.322 e. The van der Waals surface area contributed by atoms with Gasteiger partial charge in [-0.2, -0.15) is 0 Å². The van der Waals surface area contributed by atoms with Crippen molar-refractivity contribution in [3.63, 3.8) is 0 Å². The van der Waals surface area contributed by atoms with Crippen molar-refractivity contribution in [2.75, 3.05) is 24.7 Å². The summed E-state index contributed by atoms with van der Waals surface area (Å²) in [5, 5.41) is 2.96. The number of hydrogen-bond acceptors (Lipinski definition) is 4. The summed E-state index contributed by atoms with van der Waals surface area (Å²) in [6.07, 6.45) is 3.57. The van der Waals surface area contributed by atoms with Gasteiger partial charge < -0.3 is 5.32 Å². The summed E-state index contributed by atoms with van der Waals surface area (Å²) in [5.41, 5.74) is 2.96. The molecule has 0 bridgehead atoms. The lowest BCUT2D eigenvalue weighted by atomic mass is 10.1. The Morgan fingerprint density at radius 2 is 1.81 bits per heavy atom. The molecule has 1 saturated heterocycles. The summed E-state index contributed by atoms with van der Waals surface area (Å²) >= 11 is 0. The first-order chi connectivity index (χ1) is 12.3. The quantitative estimate of drug-likeness (QED) is 0.875. The summed E-state index contributed by atoms with van der Waals surface area (Å²) in [7, 11) is -3.36. The maximum Gasteiger partial charge on any atom is 0.255 e. The van der Waals surface area contributed by atoms with Gasteiger partial charge in [0.05, 0.1) is 4.90 Å². The Balaban J connectivity index is 1.84. The van der Waals surface area contributed by atoms with Crippen LogP contribution in [0.15, 0.2) is 47.4 Å². The number of likely N-dealkylation sites (tertiary alicyclic amines) is 1. The van der Waals surface area contributed by atoms with Crippen molar-refractivity contribution in [2.45, 2.75) is 31.2 Å². The van der Waals surface area contributed by atoms with Gasteiger partial charge in [0.2, 0.25) is 0 Å². The average molecular weight is 372 g/mol. The van der Waals surface area contributed by atoms with Crippen molar-refractivity contribution < 1.29 is 13.2 Å². The van der Waals surface area contributed by atoms with Crippen LogP contribution < -0.4 is 5.32 Å². The fourth-order valence-electron chi connectivity index (χ4n) is 3.23. The molecule has 3 rings (SSSR count). The highest BCUT2D eigenvalue weighted by Crippen LogP contribution is 2.22. The average Bonchev–Trinajstić information content (AvgIpc) is 3.09. The van der Waals surface area contributed by atoms with E-state index in [2.05, 4.69) is 10.2 Å². The number of rotatable bonds is 5. The lowest BCUT2D eigenvalue weighted by Crippen LogP contribution is -2.21.